The lowest BCUT2D eigenvalue weighted by Crippen LogP contribution is -2.45. The summed E-state index contributed by atoms with van der Waals surface area (Å²) in [7, 11) is 0. The normalized spacial score (nSPS) is 11.2. The molecule has 8 nitrogen and oxygen atoms in total. The Morgan fingerprint density at radius 2 is 1.50 bits per heavy atom. The van der Waals surface area contributed by atoms with Gasteiger partial charge in [0.2, 0.25) is 0 Å². The second-order valence-electron chi connectivity index (χ2n) is 7.18. The molecular formula is C24H30N2O6. The predicted octanol–water partition coefficient (Wildman–Crippen LogP) is 3.37. The topological polar surface area (TPSA) is 103 Å². The minimum Gasteiger partial charge on any atom is -0.484 e. The number of hydrazine groups is 1. The Morgan fingerprint density at radius 1 is 0.875 bits per heavy atom. The maximum atomic E-state index is 12.0. The zero-order valence-corrected chi connectivity index (χ0v) is 18.7. The summed E-state index contributed by atoms with van der Waals surface area (Å²) in [6, 6.07) is 13.8. The van der Waals surface area contributed by atoms with Crippen LogP contribution in [0.15, 0.2) is 48.5 Å². The molecule has 8 heteroatoms. The van der Waals surface area contributed by atoms with Gasteiger partial charge < -0.3 is 14.2 Å². The second kappa shape index (κ2) is 13.0. The van der Waals surface area contributed by atoms with Crippen LogP contribution in [0.5, 0.6) is 11.5 Å². The summed E-state index contributed by atoms with van der Waals surface area (Å²) in [5.41, 5.74) is 6.00. The Bertz CT molecular complexity index is 898. The van der Waals surface area contributed by atoms with Crippen LogP contribution in [-0.4, -0.2) is 37.6 Å². The molecule has 2 aromatic carbocycles. The van der Waals surface area contributed by atoms with Gasteiger partial charge in [0.1, 0.15) is 11.5 Å². The number of amides is 2. The lowest BCUT2D eigenvalue weighted by atomic mass is 9.98. The molecule has 1 atom stereocenters. The van der Waals surface area contributed by atoms with Gasteiger partial charge in [0.05, 0.1) is 12.2 Å². The molecule has 2 aromatic rings. The zero-order chi connectivity index (χ0) is 23.3. The van der Waals surface area contributed by atoms with Crippen molar-refractivity contribution in [2.75, 3.05) is 19.8 Å². The van der Waals surface area contributed by atoms with Gasteiger partial charge >= 0.3 is 5.97 Å². The van der Waals surface area contributed by atoms with E-state index in [-0.39, 0.29) is 13.2 Å². The van der Waals surface area contributed by atoms with Crippen molar-refractivity contribution < 1.29 is 28.6 Å². The molecule has 2 rings (SSSR count). The van der Waals surface area contributed by atoms with Crippen molar-refractivity contribution in [3.8, 4) is 11.5 Å². The average molecular weight is 443 g/mol. The first-order valence-electron chi connectivity index (χ1n) is 10.6. The number of benzene rings is 2. The van der Waals surface area contributed by atoms with E-state index in [1.165, 1.54) is 0 Å². The number of rotatable bonds is 11. The fourth-order valence-corrected chi connectivity index (χ4v) is 2.71. The lowest BCUT2D eigenvalue weighted by molar-refractivity contribution is -0.131. The third-order valence-corrected chi connectivity index (χ3v) is 4.66. The molecule has 0 aromatic heterocycles. The standard InChI is InChI=1S/C24H30N2O6/c1-4-14-30-24(29)18-10-12-19(13-11-18)31-15-22(27)25-26-23(28)16-32-21-9-7-6-8-20(21)17(3)5-2/h6-13,17H,4-5,14-16H2,1-3H3,(H,25,27)(H,26,28). The highest BCUT2D eigenvalue weighted by atomic mass is 16.5. The summed E-state index contributed by atoms with van der Waals surface area (Å²) < 4.78 is 16.0. The first-order chi connectivity index (χ1) is 15.4. The fraction of sp³-hybridized carbons (Fsp3) is 0.375. The van der Waals surface area contributed by atoms with Crippen LogP contribution < -0.4 is 20.3 Å². The smallest absolute Gasteiger partial charge is 0.338 e. The van der Waals surface area contributed by atoms with Crippen molar-refractivity contribution in [3.05, 3.63) is 59.7 Å². The Balaban J connectivity index is 1.72. The first kappa shape index (κ1) is 24.7. The molecule has 1 unspecified atom stereocenters. The number of hydrogen-bond acceptors (Lipinski definition) is 6. The number of carbonyl (C=O) groups excluding carboxylic acids is 3. The summed E-state index contributed by atoms with van der Waals surface area (Å²) in [6.45, 7) is 5.91. The van der Waals surface area contributed by atoms with Gasteiger partial charge in [-0.3, -0.25) is 20.4 Å². The van der Waals surface area contributed by atoms with Gasteiger partial charge in [-0.1, -0.05) is 39.0 Å². The molecule has 0 saturated carbocycles. The van der Waals surface area contributed by atoms with Gasteiger partial charge in [0, 0.05) is 0 Å². The lowest BCUT2D eigenvalue weighted by Gasteiger charge is -2.15. The van der Waals surface area contributed by atoms with Crippen molar-refractivity contribution >= 4 is 17.8 Å². The van der Waals surface area contributed by atoms with E-state index < -0.39 is 17.8 Å². The Kier molecular flexibility index (Phi) is 10.0. The Hall–Kier alpha value is -3.55. The highest BCUT2D eigenvalue weighted by Gasteiger charge is 2.12. The van der Waals surface area contributed by atoms with Gasteiger partial charge in [-0.05, 0) is 54.7 Å². The predicted molar refractivity (Wildman–Crippen MR) is 119 cm³/mol. The van der Waals surface area contributed by atoms with Crippen LogP contribution in [0.4, 0.5) is 0 Å². The molecular weight excluding hydrogens is 412 g/mol. The summed E-state index contributed by atoms with van der Waals surface area (Å²) in [6.07, 6.45) is 1.70. The molecule has 2 N–H and O–H groups in total. The number of carbonyl (C=O) groups is 3. The van der Waals surface area contributed by atoms with Crippen molar-refractivity contribution in [3.63, 3.8) is 0 Å². The van der Waals surface area contributed by atoms with E-state index in [4.69, 9.17) is 14.2 Å². The first-order valence-corrected chi connectivity index (χ1v) is 10.6. The summed E-state index contributed by atoms with van der Waals surface area (Å²) >= 11 is 0. The van der Waals surface area contributed by atoms with Crippen molar-refractivity contribution in [2.24, 2.45) is 0 Å². The molecule has 0 aliphatic heterocycles. The average Bonchev–Trinajstić information content (AvgIpc) is 2.83. The number of para-hydroxylation sites is 1. The van der Waals surface area contributed by atoms with Crippen LogP contribution in [0.1, 0.15) is 55.5 Å². The van der Waals surface area contributed by atoms with Crippen LogP contribution in [0.3, 0.4) is 0 Å². The van der Waals surface area contributed by atoms with Crippen molar-refractivity contribution in [2.45, 2.75) is 39.5 Å². The number of esters is 1. The van der Waals surface area contributed by atoms with Crippen LogP contribution in [0.25, 0.3) is 0 Å². The van der Waals surface area contributed by atoms with Crippen LogP contribution >= 0.6 is 0 Å². The van der Waals surface area contributed by atoms with E-state index in [0.29, 0.717) is 29.6 Å². The van der Waals surface area contributed by atoms with Crippen LogP contribution in [0.2, 0.25) is 0 Å². The van der Waals surface area contributed by atoms with E-state index in [2.05, 4.69) is 24.7 Å². The molecule has 32 heavy (non-hydrogen) atoms. The number of ether oxygens (including phenoxy) is 3. The molecule has 0 heterocycles. The van der Waals surface area contributed by atoms with E-state index in [9.17, 15) is 14.4 Å². The van der Waals surface area contributed by atoms with Crippen LogP contribution in [-0.2, 0) is 14.3 Å². The number of nitrogens with one attached hydrogen (secondary N) is 2. The highest BCUT2D eigenvalue weighted by Crippen LogP contribution is 2.28. The van der Waals surface area contributed by atoms with Gasteiger partial charge in [-0.2, -0.15) is 0 Å². The SMILES string of the molecule is CCCOC(=O)c1ccc(OCC(=O)NNC(=O)COc2ccccc2C(C)CC)cc1. The maximum Gasteiger partial charge on any atom is 0.338 e. The van der Waals surface area contributed by atoms with E-state index >= 15 is 0 Å². The third kappa shape index (κ3) is 7.94. The van der Waals surface area contributed by atoms with Crippen molar-refractivity contribution in [1.29, 1.82) is 0 Å². The van der Waals surface area contributed by atoms with E-state index in [1.54, 1.807) is 24.3 Å². The number of hydrogen-bond donors (Lipinski definition) is 2. The Morgan fingerprint density at radius 3 is 2.12 bits per heavy atom. The highest BCUT2D eigenvalue weighted by molar-refractivity contribution is 5.89. The van der Waals surface area contributed by atoms with E-state index in [1.807, 2.05) is 31.2 Å². The quantitative estimate of drug-likeness (QED) is 0.409. The van der Waals surface area contributed by atoms with Gasteiger partial charge in [-0.15, -0.1) is 0 Å². The molecule has 0 radical (unpaired) electrons. The molecule has 2 amide bonds. The zero-order valence-electron chi connectivity index (χ0n) is 18.7. The van der Waals surface area contributed by atoms with Gasteiger partial charge in [-0.25, -0.2) is 4.79 Å². The maximum absolute atomic E-state index is 12.0. The second-order valence-corrected chi connectivity index (χ2v) is 7.18. The van der Waals surface area contributed by atoms with Gasteiger partial charge in [0.15, 0.2) is 13.2 Å². The minimum atomic E-state index is -0.537. The largest absolute Gasteiger partial charge is 0.484 e. The molecule has 0 aliphatic carbocycles. The van der Waals surface area contributed by atoms with E-state index in [0.717, 1.165) is 18.4 Å². The molecule has 0 aliphatic rings. The Labute approximate surface area is 188 Å². The molecule has 0 fully saturated rings. The summed E-state index contributed by atoms with van der Waals surface area (Å²) in [5, 5.41) is 0. The molecule has 172 valence electrons. The summed E-state index contributed by atoms with van der Waals surface area (Å²) in [5.74, 6) is -0.0794. The molecule has 0 saturated heterocycles. The summed E-state index contributed by atoms with van der Waals surface area (Å²) in [4.78, 5) is 35.7. The van der Waals surface area contributed by atoms with Crippen molar-refractivity contribution in [1.82, 2.24) is 10.9 Å². The third-order valence-electron chi connectivity index (χ3n) is 4.66. The van der Waals surface area contributed by atoms with Crippen LogP contribution in [0, 0.1) is 0 Å². The molecule has 0 spiro atoms. The monoisotopic (exact) mass is 442 g/mol. The fourth-order valence-electron chi connectivity index (χ4n) is 2.71. The van der Waals surface area contributed by atoms with Gasteiger partial charge in [0.25, 0.3) is 11.8 Å². The minimum absolute atomic E-state index is 0.232. The molecule has 0 bridgehead atoms.